The second-order valence-electron chi connectivity index (χ2n) is 3.96. The van der Waals surface area contributed by atoms with E-state index in [4.69, 9.17) is 45.3 Å². The van der Waals surface area contributed by atoms with Gasteiger partial charge in [-0.05, 0) is 24.3 Å². The Morgan fingerprint density at radius 1 is 0.947 bits per heavy atom. The Morgan fingerprint density at radius 3 is 2.47 bits per heavy atom. The molecule has 2 N–H and O–H groups in total. The van der Waals surface area contributed by atoms with Gasteiger partial charge in [-0.15, -0.1) is 0 Å². The summed E-state index contributed by atoms with van der Waals surface area (Å²) in [5.74, 6) is 0.586. The van der Waals surface area contributed by atoms with E-state index in [9.17, 15) is 0 Å². The maximum absolute atomic E-state index is 6.11. The largest absolute Gasteiger partial charge is 0.487 e. The quantitative estimate of drug-likeness (QED) is 0.888. The van der Waals surface area contributed by atoms with E-state index in [0.29, 0.717) is 27.4 Å². The first-order chi connectivity index (χ1) is 9.11. The van der Waals surface area contributed by atoms with Gasteiger partial charge < -0.3 is 10.5 Å². The van der Waals surface area contributed by atoms with E-state index >= 15 is 0 Å². The molecule has 0 atom stereocenters. The van der Waals surface area contributed by atoms with Crippen molar-refractivity contribution in [3.05, 3.63) is 62.6 Å². The van der Waals surface area contributed by atoms with Crippen LogP contribution in [-0.2, 0) is 13.2 Å². The molecule has 100 valence electrons. The third kappa shape index (κ3) is 3.54. The first-order valence-electron chi connectivity index (χ1n) is 5.66. The van der Waals surface area contributed by atoms with Gasteiger partial charge in [-0.1, -0.05) is 46.9 Å². The predicted molar refractivity (Wildman–Crippen MR) is 80.1 cm³/mol. The van der Waals surface area contributed by atoms with Gasteiger partial charge in [-0.25, -0.2) is 0 Å². The van der Waals surface area contributed by atoms with Crippen LogP contribution >= 0.6 is 34.8 Å². The highest BCUT2D eigenvalue weighted by Gasteiger charge is 2.09. The van der Waals surface area contributed by atoms with Crippen LogP contribution in [0, 0.1) is 0 Å². The number of hydrogen-bond acceptors (Lipinski definition) is 2. The van der Waals surface area contributed by atoms with Gasteiger partial charge in [0.15, 0.2) is 0 Å². The lowest BCUT2D eigenvalue weighted by Gasteiger charge is -2.13. The third-order valence-corrected chi connectivity index (χ3v) is 3.55. The highest BCUT2D eigenvalue weighted by atomic mass is 35.5. The maximum atomic E-state index is 6.11. The molecule has 2 nitrogen and oxygen atoms in total. The van der Waals surface area contributed by atoms with E-state index in [-0.39, 0.29) is 6.61 Å². The highest BCUT2D eigenvalue weighted by molar-refractivity contribution is 6.33. The van der Waals surface area contributed by atoms with Crippen LogP contribution in [0.1, 0.15) is 11.1 Å². The SMILES string of the molecule is NCc1cccc(Cl)c1OCc1cc(Cl)ccc1Cl. The van der Waals surface area contributed by atoms with E-state index in [1.807, 2.05) is 12.1 Å². The van der Waals surface area contributed by atoms with Crippen LogP contribution < -0.4 is 10.5 Å². The highest BCUT2D eigenvalue weighted by Crippen LogP contribution is 2.30. The average molecular weight is 317 g/mol. The van der Waals surface area contributed by atoms with Crippen LogP contribution in [0.25, 0.3) is 0 Å². The summed E-state index contributed by atoms with van der Waals surface area (Å²) in [6.07, 6.45) is 0. The third-order valence-electron chi connectivity index (χ3n) is 2.65. The first-order valence-corrected chi connectivity index (χ1v) is 6.79. The van der Waals surface area contributed by atoms with Gasteiger partial charge in [0, 0.05) is 27.7 Å². The molecule has 2 rings (SSSR count). The molecule has 0 saturated carbocycles. The number of ether oxygens (including phenoxy) is 1. The summed E-state index contributed by atoms with van der Waals surface area (Å²) in [4.78, 5) is 0. The predicted octanol–water partition coefficient (Wildman–Crippen LogP) is 4.68. The topological polar surface area (TPSA) is 35.2 Å². The lowest BCUT2D eigenvalue weighted by molar-refractivity contribution is 0.303. The van der Waals surface area contributed by atoms with Gasteiger partial charge in [0.2, 0.25) is 0 Å². The van der Waals surface area contributed by atoms with E-state index in [1.165, 1.54) is 0 Å². The minimum Gasteiger partial charge on any atom is -0.487 e. The van der Waals surface area contributed by atoms with Crippen LogP contribution in [0.4, 0.5) is 0 Å². The summed E-state index contributed by atoms with van der Waals surface area (Å²) >= 11 is 18.1. The second kappa shape index (κ2) is 6.49. The van der Waals surface area contributed by atoms with Crippen LogP contribution in [0.2, 0.25) is 15.1 Å². The number of halogens is 3. The Bertz CT molecular complexity index is 587. The second-order valence-corrected chi connectivity index (χ2v) is 5.21. The monoisotopic (exact) mass is 315 g/mol. The van der Waals surface area contributed by atoms with Gasteiger partial charge in [0.1, 0.15) is 12.4 Å². The summed E-state index contributed by atoms with van der Waals surface area (Å²) in [6, 6.07) is 10.7. The summed E-state index contributed by atoms with van der Waals surface area (Å²) in [7, 11) is 0. The molecule has 2 aromatic rings. The van der Waals surface area contributed by atoms with Crippen molar-refractivity contribution in [2.24, 2.45) is 5.73 Å². The number of nitrogens with two attached hydrogens (primary N) is 1. The smallest absolute Gasteiger partial charge is 0.142 e. The van der Waals surface area contributed by atoms with Crippen molar-refractivity contribution >= 4 is 34.8 Å². The van der Waals surface area contributed by atoms with E-state index < -0.39 is 0 Å². The van der Waals surface area contributed by atoms with Crippen LogP contribution in [0.3, 0.4) is 0 Å². The van der Waals surface area contributed by atoms with Gasteiger partial charge in [-0.3, -0.25) is 0 Å². The molecule has 0 aromatic heterocycles. The molecular formula is C14H12Cl3NO. The van der Waals surface area contributed by atoms with E-state index in [1.54, 1.807) is 24.3 Å². The Labute approximate surface area is 127 Å². The normalized spacial score (nSPS) is 10.5. The standard InChI is InChI=1S/C14H12Cl3NO/c15-11-4-5-12(16)10(6-11)8-19-14-9(7-18)2-1-3-13(14)17/h1-6H,7-8,18H2. The molecule has 0 fully saturated rings. The lowest BCUT2D eigenvalue weighted by atomic mass is 10.2. The number of para-hydroxylation sites is 1. The van der Waals surface area contributed by atoms with Crippen molar-refractivity contribution in [2.75, 3.05) is 0 Å². The zero-order valence-electron chi connectivity index (χ0n) is 10.00. The van der Waals surface area contributed by atoms with Crippen molar-refractivity contribution < 1.29 is 4.74 Å². The van der Waals surface area contributed by atoms with Crippen molar-refractivity contribution in [2.45, 2.75) is 13.2 Å². The van der Waals surface area contributed by atoms with Crippen molar-refractivity contribution in [3.63, 3.8) is 0 Å². The molecular weight excluding hydrogens is 305 g/mol. The fourth-order valence-electron chi connectivity index (χ4n) is 1.68. The molecule has 0 unspecified atom stereocenters. The Morgan fingerprint density at radius 2 is 1.74 bits per heavy atom. The summed E-state index contributed by atoms with van der Waals surface area (Å²) in [5, 5.41) is 1.74. The molecule has 5 heteroatoms. The van der Waals surface area contributed by atoms with Gasteiger partial charge in [-0.2, -0.15) is 0 Å². The van der Waals surface area contributed by atoms with Crippen LogP contribution in [0.15, 0.2) is 36.4 Å². The van der Waals surface area contributed by atoms with Crippen LogP contribution in [0.5, 0.6) is 5.75 Å². The molecule has 0 aliphatic heterocycles. The molecule has 0 saturated heterocycles. The van der Waals surface area contributed by atoms with Crippen molar-refractivity contribution in [1.29, 1.82) is 0 Å². The number of benzene rings is 2. The van der Waals surface area contributed by atoms with E-state index in [2.05, 4.69) is 0 Å². The zero-order valence-corrected chi connectivity index (χ0v) is 12.3. The minimum absolute atomic E-state index is 0.288. The molecule has 0 spiro atoms. The number of rotatable bonds is 4. The molecule has 0 bridgehead atoms. The first kappa shape index (κ1) is 14.5. The fourth-order valence-corrected chi connectivity index (χ4v) is 2.30. The van der Waals surface area contributed by atoms with E-state index in [0.717, 1.165) is 11.1 Å². The molecule has 0 heterocycles. The average Bonchev–Trinajstić information content (AvgIpc) is 2.40. The zero-order chi connectivity index (χ0) is 13.8. The molecule has 2 aromatic carbocycles. The van der Waals surface area contributed by atoms with Gasteiger partial charge in [0.25, 0.3) is 0 Å². The van der Waals surface area contributed by atoms with Gasteiger partial charge in [0.05, 0.1) is 5.02 Å². The Kier molecular flexibility index (Phi) is 4.94. The van der Waals surface area contributed by atoms with Crippen molar-refractivity contribution in [1.82, 2.24) is 0 Å². The van der Waals surface area contributed by atoms with Gasteiger partial charge >= 0.3 is 0 Å². The minimum atomic E-state index is 0.288. The molecule has 19 heavy (non-hydrogen) atoms. The maximum Gasteiger partial charge on any atom is 0.142 e. The van der Waals surface area contributed by atoms with Crippen LogP contribution in [-0.4, -0.2) is 0 Å². The Hall–Kier alpha value is -0.930. The summed E-state index contributed by atoms with van der Waals surface area (Å²) in [5.41, 5.74) is 7.31. The van der Waals surface area contributed by atoms with Crippen molar-refractivity contribution in [3.8, 4) is 5.75 Å². The molecule has 0 aliphatic rings. The molecule has 0 radical (unpaired) electrons. The Balaban J connectivity index is 2.21. The molecule has 0 amide bonds. The molecule has 0 aliphatic carbocycles. The summed E-state index contributed by atoms with van der Waals surface area (Å²) < 4.78 is 5.73. The lowest BCUT2D eigenvalue weighted by Crippen LogP contribution is -2.03. The summed E-state index contributed by atoms with van der Waals surface area (Å²) in [6.45, 7) is 0.648. The number of hydrogen-bond donors (Lipinski definition) is 1. The fraction of sp³-hybridized carbons (Fsp3) is 0.143.